The third kappa shape index (κ3) is 2.93. The molecule has 7 heteroatoms. The molecule has 0 bridgehead atoms. The van der Waals surface area contributed by atoms with Crippen LogP contribution in [0, 0.1) is 5.92 Å². The lowest BCUT2D eigenvalue weighted by Gasteiger charge is -2.35. The second kappa shape index (κ2) is 5.89. The summed E-state index contributed by atoms with van der Waals surface area (Å²) in [6.45, 7) is 2.87. The van der Waals surface area contributed by atoms with E-state index in [4.69, 9.17) is 22.1 Å². The van der Waals surface area contributed by atoms with Gasteiger partial charge in [0.05, 0.1) is 11.1 Å². The van der Waals surface area contributed by atoms with Crippen molar-refractivity contribution in [2.24, 2.45) is 5.92 Å². The molecular formula is C13H19ClN2O3S. The second-order valence-electron chi connectivity index (χ2n) is 5.09. The average Bonchev–Trinajstić information content (AvgIpc) is 2.41. The molecule has 2 atom stereocenters. The number of halogens is 1. The van der Waals surface area contributed by atoms with Crippen molar-refractivity contribution in [3.8, 4) is 0 Å². The number of sulfonamides is 1. The van der Waals surface area contributed by atoms with Crippen LogP contribution >= 0.6 is 11.6 Å². The smallest absolute Gasteiger partial charge is 0.244 e. The first-order valence-electron chi connectivity index (χ1n) is 6.44. The maximum Gasteiger partial charge on any atom is 0.244 e. The van der Waals surface area contributed by atoms with Gasteiger partial charge in [-0.15, -0.1) is 0 Å². The molecule has 0 saturated carbocycles. The van der Waals surface area contributed by atoms with Crippen molar-refractivity contribution in [3.63, 3.8) is 0 Å². The summed E-state index contributed by atoms with van der Waals surface area (Å²) in [5.41, 5.74) is 6.04. The fourth-order valence-corrected chi connectivity index (χ4v) is 4.36. The van der Waals surface area contributed by atoms with Gasteiger partial charge < -0.3 is 10.5 Å². The number of piperidine rings is 1. The van der Waals surface area contributed by atoms with Crippen molar-refractivity contribution in [2.75, 3.05) is 25.9 Å². The zero-order valence-electron chi connectivity index (χ0n) is 11.5. The molecule has 2 rings (SSSR count). The standard InChI is InChI=1S/C13H19ClN2O3S/c1-9-5-6-16(8-12(9)19-2)20(17,18)13-7-10(15)3-4-11(13)14/h3-4,7,9,12H,5-6,8,15H2,1-2H3. The Bertz CT molecular complexity index is 591. The molecule has 1 heterocycles. The van der Waals surface area contributed by atoms with E-state index in [9.17, 15) is 8.42 Å². The Balaban J connectivity index is 2.33. The van der Waals surface area contributed by atoms with Crippen LogP contribution in [0.1, 0.15) is 13.3 Å². The van der Waals surface area contributed by atoms with E-state index in [1.807, 2.05) is 0 Å². The monoisotopic (exact) mass is 318 g/mol. The van der Waals surface area contributed by atoms with Crippen molar-refractivity contribution in [1.29, 1.82) is 0 Å². The Morgan fingerprint density at radius 3 is 2.80 bits per heavy atom. The molecule has 0 radical (unpaired) electrons. The van der Waals surface area contributed by atoms with E-state index in [0.717, 1.165) is 6.42 Å². The second-order valence-corrected chi connectivity index (χ2v) is 7.41. The van der Waals surface area contributed by atoms with Gasteiger partial charge in [-0.25, -0.2) is 8.42 Å². The Morgan fingerprint density at radius 1 is 1.45 bits per heavy atom. The minimum atomic E-state index is -3.64. The number of methoxy groups -OCH3 is 1. The summed E-state index contributed by atoms with van der Waals surface area (Å²) in [6, 6.07) is 4.49. The molecule has 2 unspecified atom stereocenters. The van der Waals surface area contributed by atoms with Crippen LogP contribution in [-0.4, -0.2) is 39.0 Å². The first kappa shape index (κ1) is 15.6. The van der Waals surface area contributed by atoms with Crippen LogP contribution in [0.2, 0.25) is 5.02 Å². The number of rotatable bonds is 3. The van der Waals surface area contributed by atoms with E-state index in [0.29, 0.717) is 24.7 Å². The summed E-state index contributed by atoms with van der Waals surface area (Å²) < 4.78 is 32.1. The Kier molecular flexibility index (Phi) is 4.59. The highest BCUT2D eigenvalue weighted by Crippen LogP contribution is 2.30. The molecule has 1 aliphatic rings. The summed E-state index contributed by atoms with van der Waals surface area (Å²) in [5, 5.41) is 0.187. The molecule has 0 aliphatic carbocycles. The Hall–Kier alpha value is -0.820. The predicted octanol–water partition coefficient (Wildman–Crippen LogP) is 1.97. The van der Waals surface area contributed by atoms with Gasteiger partial charge in [0.1, 0.15) is 4.90 Å². The lowest BCUT2D eigenvalue weighted by atomic mass is 9.97. The van der Waals surface area contributed by atoms with Crippen molar-refractivity contribution >= 4 is 27.3 Å². The predicted molar refractivity (Wildman–Crippen MR) is 79.2 cm³/mol. The molecule has 0 spiro atoms. The number of nitrogens with zero attached hydrogens (tertiary/aromatic N) is 1. The highest BCUT2D eigenvalue weighted by Gasteiger charge is 2.34. The van der Waals surface area contributed by atoms with Gasteiger partial charge in [-0.2, -0.15) is 4.31 Å². The molecule has 1 aromatic carbocycles. The summed E-state index contributed by atoms with van der Waals surface area (Å²) >= 11 is 6.01. The highest BCUT2D eigenvalue weighted by molar-refractivity contribution is 7.89. The minimum Gasteiger partial charge on any atom is -0.399 e. The number of benzene rings is 1. The zero-order valence-corrected chi connectivity index (χ0v) is 13.1. The molecule has 1 aliphatic heterocycles. The lowest BCUT2D eigenvalue weighted by molar-refractivity contribution is 0.0184. The van der Waals surface area contributed by atoms with E-state index in [1.165, 1.54) is 16.4 Å². The third-order valence-electron chi connectivity index (χ3n) is 3.73. The number of hydrogen-bond acceptors (Lipinski definition) is 4. The molecule has 5 nitrogen and oxygen atoms in total. The average molecular weight is 319 g/mol. The first-order chi connectivity index (χ1) is 9.36. The van der Waals surface area contributed by atoms with Gasteiger partial charge >= 0.3 is 0 Å². The van der Waals surface area contributed by atoms with E-state index in [2.05, 4.69) is 6.92 Å². The highest BCUT2D eigenvalue weighted by atomic mass is 35.5. The van der Waals surface area contributed by atoms with Gasteiger partial charge in [0.25, 0.3) is 0 Å². The SMILES string of the molecule is COC1CN(S(=O)(=O)c2cc(N)ccc2Cl)CCC1C. The number of nitrogens with two attached hydrogens (primary N) is 1. The van der Waals surface area contributed by atoms with E-state index in [1.54, 1.807) is 13.2 Å². The topological polar surface area (TPSA) is 72.6 Å². The molecule has 1 fully saturated rings. The quantitative estimate of drug-likeness (QED) is 0.865. The van der Waals surface area contributed by atoms with E-state index in [-0.39, 0.29) is 16.0 Å². The van der Waals surface area contributed by atoms with E-state index < -0.39 is 10.0 Å². The first-order valence-corrected chi connectivity index (χ1v) is 8.26. The molecule has 1 aromatic rings. The van der Waals surface area contributed by atoms with Crippen LogP contribution in [0.15, 0.2) is 23.1 Å². The molecule has 1 saturated heterocycles. The summed E-state index contributed by atoms with van der Waals surface area (Å²) in [7, 11) is -2.04. The lowest BCUT2D eigenvalue weighted by Crippen LogP contribution is -2.46. The number of ether oxygens (including phenoxy) is 1. The van der Waals surface area contributed by atoms with Gasteiger partial charge in [0, 0.05) is 25.9 Å². The Morgan fingerprint density at radius 2 is 2.15 bits per heavy atom. The van der Waals surface area contributed by atoms with Crippen molar-refractivity contribution in [2.45, 2.75) is 24.3 Å². The summed E-state index contributed by atoms with van der Waals surface area (Å²) in [6.07, 6.45) is 0.663. The van der Waals surface area contributed by atoms with Crippen LogP contribution in [-0.2, 0) is 14.8 Å². The minimum absolute atomic E-state index is 0.0589. The summed E-state index contributed by atoms with van der Waals surface area (Å²) in [5.74, 6) is 0.336. The van der Waals surface area contributed by atoms with Gasteiger partial charge in [0.2, 0.25) is 10.0 Å². The third-order valence-corrected chi connectivity index (χ3v) is 6.07. The van der Waals surface area contributed by atoms with Crippen LogP contribution in [0.5, 0.6) is 0 Å². The maximum absolute atomic E-state index is 12.7. The number of anilines is 1. The molecule has 0 aromatic heterocycles. The fourth-order valence-electron chi connectivity index (χ4n) is 2.39. The van der Waals surface area contributed by atoms with Crippen molar-refractivity contribution in [3.05, 3.63) is 23.2 Å². The molecule has 0 amide bonds. The van der Waals surface area contributed by atoms with Gasteiger partial charge in [-0.1, -0.05) is 18.5 Å². The fraction of sp³-hybridized carbons (Fsp3) is 0.538. The summed E-state index contributed by atoms with van der Waals surface area (Å²) in [4.78, 5) is 0.0589. The number of hydrogen-bond donors (Lipinski definition) is 1. The van der Waals surface area contributed by atoms with Crippen LogP contribution in [0.25, 0.3) is 0 Å². The maximum atomic E-state index is 12.7. The number of nitrogen functional groups attached to an aromatic ring is 1. The molecule has 20 heavy (non-hydrogen) atoms. The molecule has 2 N–H and O–H groups in total. The van der Waals surface area contributed by atoms with Gasteiger partial charge in [0.15, 0.2) is 0 Å². The van der Waals surface area contributed by atoms with E-state index >= 15 is 0 Å². The molecular weight excluding hydrogens is 300 g/mol. The van der Waals surface area contributed by atoms with Crippen LogP contribution in [0.4, 0.5) is 5.69 Å². The zero-order chi connectivity index (χ0) is 14.9. The normalized spacial score (nSPS) is 24.8. The van der Waals surface area contributed by atoms with Gasteiger partial charge in [-0.3, -0.25) is 0 Å². The molecule has 112 valence electrons. The van der Waals surface area contributed by atoms with Gasteiger partial charge in [-0.05, 0) is 30.5 Å². The van der Waals surface area contributed by atoms with Crippen molar-refractivity contribution < 1.29 is 13.2 Å². The Labute approximate surface area is 124 Å². The van der Waals surface area contributed by atoms with Crippen molar-refractivity contribution in [1.82, 2.24) is 4.31 Å². The van der Waals surface area contributed by atoms with Crippen LogP contribution in [0.3, 0.4) is 0 Å². The largest absolute Gasteiger partial charge is 0.399 e. The van der Waals surface area contributed by atoms with Crippen LogP contribution < -0.4 is 5.73 Å².